The summed E-state index contributed by atoms with van der Waals surface area (Å²) < 4.78 is 0. The largest absolute Gasteiger partial charge is 0.465 e. The van der Waals surface area contributed by atoms with Gasteiger partial charge in [0.15, 0.2) is 0 Å². The van der Waals surface area contributed by atoms with Crippen molar-refractivity contribution < 1.29 is 9.90 Å². The first-order valence-corrected chi connectivity index (χ1v) is 7.31. The highest BCUT2D eigenvalue weighted by atomic mass is 35.5. The minimum Gasteiger partial charge on any atom is -0.465 e. The summed E-state index contributed by atoms with van der Waals surface area (Å²) in [6, 6.07) is -0.181. The van der Waals surface area contributed by atoms with Crippen molar-refractivity contribution in [2.75, 3.05) is 11.9 Å². The van der Waals surface area contributed by atoms with E-state index in [1.54, 1.807) is 6.20 Å². The lowest BCUT2D eigenvalue weighted by atomic mass is 9.81. The van der Waals surface area contributed by atoms with Crippen LogP contribution in [0.5, 0.6) is 0 Å². The Morgan fingerprint density at radius 3 is 2.67 bits per heavy atom. The van der Waals surface area contributed by atoms with Gasteiger partial charge in [0.1, 0.15) is 11.0 Å². The summed E-state index contributed by atoms with van der Waals surface area (Å²) in [5.74, 6) is 0.743. The van der Waals surface area contributed by atoms with E-state index in [1.807, 2.05) is 27.7 Å². The second kappa shape index (κ2) is 5.67. The van der Waals surface area contributed by atoms with Crippen LogP contribution < -0.4 is 5.32 Å². The summed E-state index contributed by atoms with van der Waals surface area (Å²) in [4.78, 5) is 21.2. The fourth-order valence-electron chi connectivity index (χ4n) is 3.05. The van der Waals surface area contributed by atoms with Crippen LogP contribution in [0.1, 0.15) is 27.7 Å². The molecule has 6 nitrogen and oxygen atoms in total. The molecule has 2 N–H and O–H groups in total. The van der Waals surface area contributed by atoms with E-state index in [4.69, 9.17) is 11.6 Å². The highest BCUT2D eigenvalue weighted by Gasteiger charge is 2.47. The molecule has 0 saturated carbocycles. The second-order valence-electron chi connectivity index (χ2n) is 6.62. The van der Waals surface area contributed by atoms with Crippen LogP contribution in [-0.2, 0) is 0 Å². The molecule has 1 aliphatic rings. The van der Waals surface area contributed by atoms with Crippen LogP contribution in [0.4, 0.5) is 10.6 Å². The molecule has 1 amide bonds. The van der Waals surface area contributed by atoms with Crippen LogP contribution in [0.3, 0.4) is 0 Å². The number of carbonyl (C=O) groups is 1. The Bertz CT molecular complexity index is 532. The Morgan fingerprint density at radius 1 is 1.48 bits per heavy atom. The van der Waals surface area contributed by atoms with Crippen molar-refractivity contribution in [3.63, 3.8) is 0 Å². The molecule has 1 saturated heterocycles. The summed E-state index contributed by atoms with van der Waals surface area (Å²) in [5, 5.41) is 13.1. The molecular weight excluding hydrogens is 292 g/mol. The van der Waals surface area contributed by atoms with E-state index in [1.165, 1.54) is 11.1 Å². The molecule has 2 rings (SSSR count). The van der Waals surface area contributed by atoms with Crippen LogP contribution in [0.15, 0.2) is 12.4 Å². The van der Waals surface area contributed by atoms with E-state index in [0.29, 0.717) is 17.5 Å². The third-order valence-corrected chi connectivity index (χ3v) is 4.01. The number of halogens is 1. The standard InChI is InChI=1S/C14H21ClN4O2/c1-8-7-19(13(20)21)12(14(2,3)4)11(8)18-10-6-16-5-9(15)17-10/h5-6,8,11-12H,7H2,1-4H3,(H,17,18)(H,20,21)/t8-,11-,12?/m1/s1. The highest BCUT2D eigenvalue weighted by molar-refractivity contribution is 6.29. The summed E-state index contributed by atoms with van der Waals surface area (Å²) in [6.45, 7) is 8.68. The van der Waals surface area contributed by atoms with Gasteiger partial charge < -0.3 is 15.3 Å². The molecule has 1 aliphatic heterocycles. The molecule has 3 atom stereocenters. The Labute approximate surface area is 129 Å². The van der Waals surface area contributed by atoms with E-state index in [-0.39, 0.29) is 23.4 Å². The zero-order valence-corrected chi connectivity index (χ0v) is 13.4. The third-order valence-electron chi connectivity index (χ3n) is 3.83. The van der Waals surface area contributed by atoms with E-state index in [9.17, 15) is 9.90 Å². The first kappa shape index (κ1) is 15.8. The maximum Gasteiger partial charge on any atom is 0.407 e. The Hall–Kier alpha value is -1.56. The quantitative estimate of drug-likeness (QED) is 0.877. The summed E-state index contributed by atoms with van der Waals surface area (Å²) >= 11 is 5.85. The molecule has 0 aromatic carbocycles. The molecule has 116 valence electrons. The van der Waals surface area contributed by atoms with Gasteiger partial charge in [0.2, 0.25) is 0 Å². The van der Waals surface area contributed by atoms with Crippen molar-refractivity contribution in [3.05, 3.63) is 17.5 Å². The van der Waals surface area contributed by atoms with Crippen LogP contribution >= 0.6 is 11.6 Å². The fourth-order valence-corrected chi connectivity index (χ4v) is 3.20. The van der Waals surface area contributed by atoms with Crippen LogP contribution in [0, 0.1) is 11.3 Å². The molecule has 21 heavy (non-hydrogen) atoms. The number of amides is 1. The van der Waals surface area contributed by atoms with Gasteiger partial charge in [-0.2, -0.15) is 0 Å². The predicted octanol–water partition coefficient (Wildman–Crippen LogP) is 2.95. The van der Waals surface area contributed by atoms with Crippen molar-refractivity contribution in [1.82, 2.24) is 14.9 Å². The molecule has 0 spiro atoms. The van der Waals surface area contributed by atoms with Gasteiger partial charge in [0.25, 0.3) is 0 Å². The third kappa shape index (κ3) is 3.37. The molecule has 0 radical (unpaired) electrons. The van der Waals surface area contributed by atoms with Crippen molar-refractivity contribution in [3.8, 4) is 0 Å². The first-order valence-electron chi connectivity index (χ1n) is 6.94. The number of hydrogen-bond donors (Lipinski definition) is 2. The minimum atomic E-state index is -0.886. The monoisotopic (exact) mass is 312 g/mol. The van der Waals surface area contributed by atoms with Gasteiger partial charge in [-0.1, -0.05) is 39.3 Å². The maximum absolute atomic E-state index is 11.5. The molecule has 0 aliphatic carbocycles. The lowest BCUT2D eigenvalue weighted by Crippen LogP contribution is -2.50. The zero-order valence-electron chi connectivity index (χ0n) is 12.7. The maximum atomic E-state index is 11.5. The zero-order chi connectivity index (χ0) is 15.8. The lowest BCUT2D eigenvalue weighted by molar-refractivity contribution is 0.103. The summed E-state index contributed by atoms with van der Waals surface area (Å²) in [5.41, 5.74) is -0.188. The smallest absolute Gasteiger partial charge is 0.407 e. The van der Waals surface area contributed by atoms with Crippen LogP contribution in [0.25, 0.3) is 0 Å². The minimum absolute atomic E-state index is 0.0335. The van der Waals surface area contributed by atoms with E-state index < -0.39 is 6.09 Å². The first-order chi connectivity index (χ1) is 9.70. The highest BCUT2D eigenvalue weighted by Crippen LogP contribution is 2.37. The van der Waals surface area contributed by atoms with Crippen molar-refractivity contribution in [1.29, 1.82) is 0 Å². The molecule has 1 unspecified atom stereocenters. The number of nitrogens with zero attached hydrogens (tertiary/aromatic N) is 3. The number of likely N-dealkylation sites (tertiary alicyclic amines) is 1. The number of nitrogens with one attached hydrogen (secondary N) is 1. The molecule has 1 fully saturated rings. The van der Waals surface area contributed by atoms with Crippen LogP contribution in [0.2, 0.25) is 5.15 Å². The Kier molecular flexibility index (Phi) is 4.27. The summed E-state index contributed by atoms with van der Waals surface area (Å²) in [6.07, 6.45) is 2.18. The van der Waals surface area contributed by atoms with Gasteiger partial charge in [-0.25, -0.2) is 9.78 Å². The molecule has 1 aromatic heterocycles. The van der Waals surface area contributed by atoms with E-state index in [2.05, 4.69) is 15.3 Å². The number of hydrogen-bond acceptors (Lipinski definition) is 4. The number of carboxylic acid groups (broad SMARTS) is 1. The predicted molar refractivity (Wildman–Crippen MR) is 81.6 cm³/mol. The Balaban J connectivity index is 2.29. The van der Waals surface area contributed by atoms with Gasteiger partial charge in [0.05, 0.1) is 24.5 Å². The topological polar surface area (TPSA) is 78.4 Å². The van der Waals surface area contributed by atoms with Crippen molar-refractivity contribution in [2.45, 2.75) is 39.8 Å². The molecule has 0 bridgehead atoms. The van der Waals surface area contributed by atoms with Gasteiger partial charge in [-0.05, 0) is 11.3 Å². The average molecular weight is 313 g/mol. The van der Waals surface area contributed by atoms with E-state index >= 15 is 0 Å². The normalized spacial score (nSPS) is 26.0. The molecular formula is C14H21ClN4O2. The second-order valence-corrected chi connectivity index (χ2v) is 7.01. The number of aromatic nitrogens is 2. The van der Waals surface area contributed by atoms with Gasteiger partial charge in [0, 0.05) is 6.54 Å². The molecule has 7 heteroatoms. The number of anilines is 1. The fraction of sp³-hybridized carbons (Fsp3) is 0.643. The molecule has 1 aromatic rings. The Morgan fingerprint density at radius 2 is 2.14 bits per heavy atom. The van der Waals surface area contributed by atoms with Gasteiger partial charge >= 0.3 is 6.09 Å². The van der Waals surface area contributed by atoms with Gasteiger partial charge in [-0.15, -0.1) is 0 Å². The summed E-state index contributed by atoms with van der Waals surface area (Å²) in [7, 11) is 0. The molecule has 2 heterocycles. The average Bonchev–Trinajstić information content (AvgIpc) is 2.67. The van der Waals surface area contributed by atoms with E-state index in [0.717, 1.165) is 0 Å². The van der Waals surface area contributed by atoms with Crippen LogP contribution in [-0.4, -0.2) is 44.7 Å². The van der Waals surface area contributed by atoms with Crippen molar-refractivity contribution in [2.24, 2.45) is 11.3 Å². The lowest BCUT2D eigenvalue weighted by Gasteiger charge is -2.37. The van der Waals surface area contributed by atoms with Crippen molar-refractivity contribution >= 4 is 23.5 Å². The van der Waals surface area contributed by atoms with Gasteiger partial charge in [-0.3, -0.25) is 4.98 Å². The number of rotatable bonds is 2. The SMILES string of the molecule is C[C@@H]1CN(C(=O)O)C(C(C)(C)C)[C@@H]1Nc1cncc(Cl)n1.